The van der Waals surface area contributed by atoms with Crippen molar-refractivity contribution in [3.63, 3.8) is 0 Å². The van der Waals surface area contributed by atoms with Crippen molar-refractivity contribution in [2.45, 2.75) is 12.1 Å². The summed E-state index contributed by atoms with van der Waals surface area (Å²) >= 11 is 1.92. The second kappa shape index (κ2) is 5.17. The van der Waals surface area contributed by atoms with E-state index in [1.165, 1.54) is 12.1 Å². The fraction of sp³-hybridized carbons (Fsp3) is 0.500. The molecule has 1 fully saturated rings. The van der Waals surface area contributed by atoms with E-state index >= 15 is 0 Å². The third kappa shape index (κ3) is 2.56. The van der Waals surface area contributed by atoms with E-state index in [9.17, 15) is 4.39 Å². The minimum absolute atomic E-state index is 0.103. The molecule has 1 aliphatic heterocycles. The standard InChI is InChI=1S/C12H17FN2S/c1-15-5-6-16-8-11(15)12(14)9-3-2-4-10(13)7-9/h2-4,7,11-12H,5-6,8,14H2,1H3. The second-order valence-electron chi connectivity index (χ2n) is 4.20. The molecule has 0 bridgehead atoms. The molecule has 0 amide bonds. The van der Waals surface area contributed by atoms with E-state index in [2.05, 4.69) is 11.9 Å². The maximum absolute atomic E-state index is 13.1. The largest absolute Gasteiger partial charge is 0.323 e. The van der Waals surface area contributed by atoms with Gasteiger partial charge in [0.1, 0.15) is 5.82 Å². The van der Waals surface area contributed by atoms with E-state index in [1.807, 2.05) is 17.8 Å². The average molecular weight is 240 g/mol. The molecule has 0 aromatic heterocycles. The summed E-state index contributed by atoms with van der Waals surface area (Å²) in [5.74, 6) is 1.97. The summed E-state index contributed by atoms with van der Waals surface area (Å²) in [6.07, 6.45) is 0. The van der Waals surface area contributed by atoms with E-state index in [1.54, 1.807) is 6.07 Å². The van der Waals surface area contributed by atoms with Gasteiger partial charge in [0.2, 0.25) is 0 Å². The van der Waals surface area contributed by atoms with E-state index < -0.39 is 0 Å². The van der Waals surface area contributed by atoms with Crippen LogP contribution in [0, 0.1) is 5.82 Å². The molecule has 1 heterocycles. The maximum Gasteiger partial charge on any atom is 0.123 e. The highest BCUT2D eigenvalue weighted by Crippen LogP contribution is 2.25. The van der Waals surface area contributed by atoms with Gasteiger partial charge in [0.05, 0.1) is 0 Å². The van der Waals surface area contributed by atoms with Gasteiger partial charge in [0, 0.05) is 30.1 Å². The predicted molar refractivity (Wildman–Crippen MR) is 67.1 cm³/mol. The molecule has 1 aliphatic rings. The molecule has 0 spiro atoms. The monoisotopic (exact) mass is 240 g/mol. The first kappa shape index (κ1) is 11.9. The quantitative estimate of drug-likeness (QED) is 0.855. The van der Waals surface area contributed by atoms with Gasteiger partial charge in [-0.1, -0.05) is 12.1 Å². The number of benzene rings is 1. The predicted octanol–water partition coefficient (Wildman–Crippen LogP) is 1.87. The summed E-state index contributed by atoms with van der Waals surface area (Å²) in [6, 6.07) is 6.82. The molecule has 2 unspecified atom stereocenters. The lowest BCUT2D eigenvalue weighted by atomic mass is 10.00. The number of likely N-dealkylation sites (N-methyl/N-ethyl adjacent to an activating group) is 1. The van der Waals surface area contributed by atoms with Crippen LogP contribution in [0.3, 0.4) is 0 Å². The SMILES string of the molecule is CN1CCSCC1C(N)c1cccc(F)c1. The van der Waals surface area contributed by atoms with Crippen molar-refractivity contribution in [3.8, 4) is 0 Å². The molecular formula is C12H17FN2S. The van der Waals surface area contributed by atoms with Gasteiger partial charge in [-0.05, 0) is 24.7 Å². The Kier molecular flexibility index (Phi) is 3.84. The molecule has 2 atom stereocenters. The Bertz CT molecular complexity index is 359. The van der Waals surface area contributed by atoms with Crippen LogP contribution in [0.15, 0.2) is 24.3 Å². The normalized spacial score (nSPS) is 24.3. The Morgan fingerprint density at radius 1 is 1.56 bits per heavy atom. The van der Waals surface area contributed by atoms with Crippen LogP contribution in [0.2, 0.25) is 0 Å². The van der Waals surface area contributed by atoms with E-state index in [0.29, 0.717) is 6.04 Å². The van der Waals surface area contributed by atoms with Gasteiger partial charge in [-0.3, -0.25) is 4.90 Å². The highest BCUT2D eigenvalue weighted by molar-refractivity contribution is 7.99. The van der Waals surface area contributed by atoms with Crippen LogP contribution >= 0.6 is 11.8 Å². The first-order chi connectivity index (χ1) is 7.68. The zero-order chi connectivity index (χ0) is 11.5. The lowest BCUT2D eigenvalue weighted by Gasteiger charge is -2.36. The van der Waals surface area contributed by atoms with Gasteiger partial charge in [-0.15, -0.1) is 0 Å². The Labute approximate surface area is 100 Å². The molecule has 16 heavy (non-hydrogen) atoms. The smallest absolute Gasteiger partial charge is 0.123 e. The Morgan fingerprint density at radius 3 is 3.06 bits per heavy atom. The Morgan fingerprint density at radius 2 is 2.38 bits per heavy atom. The Hall–Kier alpha value is -0.580. The van der Waals surface area contributed by atoms with Crippen LogP contribution in [0.1, 0.15) is 11.6 Å². The van der Waals surface area contributed by atoms with Crippen LogP contribution in [0.4, 0.5) is 4.39 Å². The van der Waals surface area contributed by atoms with Crippen molar-refractivity contribution in [3.05, 3.63) is 35.6 Å². The Balaban J connectivity index is 2.14. The topological polar surface area (TPSA) is 29.3 Å². The zero-order valence-electron chi connectivity index (χ0n) is 9.40. The molecule has 1 aromatic carbocycles. The van der Waals surface area contributed by atoms with E-state index in [4.69, 9.17) is 5.73 Å². The molecular weight excluding hydrogens is 223 g/mol. The van der Waals surface area contributed by atoms with Crippen molar-refractivity contribution in [1.29, 1.82) is 0 Å². The third-order valence-corrected chi connectivity index (χ3v) is 4.14. The lowest BCUT2D eigenvalue weighted by molar-refractivity contribution is 0.237. The minimum atomic E-state index is -0.209. The van der Waals surface area contributed by atoms with Gasteiger partial charge in [0.25, 0.3) is 0 Å². The summed E-state index contributed by atoms with van der Waals surface area (Å²) in [7, 11) is 2.09. The van der Waals surface area contributed by atoms with Crippen LogP contribution in [-0.4, -0.2) is 36.0 Å². The molecule has 2 rings (SSSR count). The number of thioether (sulfide) groups is 1. The second-order valence-corrected chi connectivity index (χ2v) is 5.35. The number of halogens is 1. The number of nitrogens with zero attached hydrogens (tertiary/aromatic N) is 1. The fourth-order valence-corrected chi connectivity index (χ4v) is 3.31. The molecule has 1 saturated heterocycles. The van der Waals surface area contributed by atoms with Gasteiger partial charge >= 0.3 is 0 Å². The first-order valence-corrected chi connectivity index (χ1v) is 6.63. The van der Waals surface area contributed by atoms with Crippen molar-refractivity contribution < 1.29 is 4.39 Å². The van der Waals surface area contributed by atoms with Crippen molar-refractivity contribution >= 4 is 11.8 Å². The molecule has 0 aliphatic carbocycles. The number of hydrogen-bond donors (Lipinski definition) is 1. The van der Waals surface area contributed by atoms with Gasteiger partial charge in [0.15, 0.2) is 0 Å². The molecule has 1 aromatic rings. The summed E-state index contributed by atoms with van der Waals surface area (Å²) in [5, 5.41) is 0. The molecule has 2 N–H and O–H groups in total. The van der Waals surface area contributed by atoms with Crippen molar-refractivity contribution in [2.75, 3.05) is 25.1 Å². The van der Waals surface area contributed by atoms with E-state index in [-0.39, 0.29) is 11.9 Å². The maximum atomic E-state index is 13.1. The highest BCUT2D eigenvalue weighted by atomic mass is 32.2. The highest BCUT2D eigenvalue weighted by Gasteiger charge is 2.26. The summed E-state index contributed by atoms with van der Waals surface area (Å²) < 4.78 is 13.1. The third-order valence-electron chi connectivity index (χ3n) is 3.09. The zero-order valence-corrected chi connectivity index (χ0v) is 10.2. The van der Waals surface area contributed by atoms with Crippen LogP contribution in [-0.2, 0) is 0 Å². The van der Waals surface area contributed by atoms with Gasteiger partial charge in [-0.25, -0.2) is 4.39 Å². The first-order valence-electron chi connectivity index (χ1n) is 5.47. The summed E-state index contributed by atoms with van der Waals surface area (Å²) in [6.45, 7) is 1.05. The minimum Gasteiger partial charge on any atom is -0.323 e. The van der Waals surface area contributed by atoms with Gasteiger partial charge in [-0.2, -0.15) is 11.8 Å². The fourth-order valence-electron chi connectivity index (χ4n) is 2.02. The molecule has 88 valence electrons. The van der Waals surface area contributed by atoms with E-state index in [0.717, 1.165) is 23.6 Å². The molecule has 2 nitrogen and oxygen atoms in total. The van der Waals surface area contributed by atoms with Crippen LogP contribution in [0.5, 0.6) is 0 Å². The lowest BCUT2D eigenvalue weighted by Crippen LogP contribution is -2.46. The van der Waals surface area contributed by atoms with Crippen molar-refractivity contribution in [2.24, 2.45) is 5.73 Å². The average Bonchev–Trinajstić information content (AvgIpc) is 2.29. The number of hydrogen-bond acceptors (Lipinski definition) is 3. The molecule has 4 heteroatoms. The van der Waals surface area contributed by atoms with Crippen LogP contribution < -0.4 is 5.73 Å². The van der Waals surface area contributed by atoms with Crippen molar-refractivity contribution in [1.82, 2.24) is 4.90 Å². The van der Waals surface area contributed by atoms with Crippen LogP contribution in [0.25, 0.3) is 0 Å². The molecule has 0 radical (unpaired) electrons. The number of nitrogens with two attached hydrogens (primary N) is 1. The summed E-state index contributed by atoms with van der Waals surface area (Å²) in [4.78, 5) is 2.27. The molecule has 0 saturated carbocycles. The summed E-state index contributed by atoms with van der Waals surface area (Å²) in [5.41, 5.74) is 7.10. The number of rotatable bonds is 2. The van der Waals surface area contributed by atoms with Gasteiger partial charge < -0.3 is 5.73 Å².